The van der Waals surface area contributed by atoms with Crippen molar-refractivity contribution >= 4 is 11.7 Å². The molecule has 4 heteroatoms. The van der Waals surface area contributed by atoms with Crippen molar-refractivity contribution in [2.24, 2.45) is 0 Å². The van der Waals surface area contributed by atoms with E-state index in [4.69, 9.17) is 10.3 Å². The largest absolute Gasteiger partial charge is 0.451 e. The minimum Gasteiger partial charge on any atom is -0.451 e. The highest BCUT2D eigenvalue weighted by atomic mass is 16.6. The van der Waals surface area contributed by atoms with Gasteiger partial charge in [0.2, 0.25) is 0 Å². The van der Waals surface area contributed by atoms with Crippen molar-refractivity contribution in [3.05, 3.63) is 41.4 Å². The standard InChI is InChI=1S/C12H14N2O2/c1-12(2,3)16-11(15)10(14-13)9-7-5-4-6-8-9/h4-8H,1-3H3. The molecule has 0 bridgehead atoms. The molecule has 1 aromatic rings. The highest BCUT2D eigenvalue weighted by molar-refractivity contribution is 6.40. The predicted molar refractivity (Wildman–Crippen MR) is 60.0 cm³/mol. The fourth-order valence-electron chi connectivity index (χ4n) is 1.14. The zero-order valence-electron chi connectivity index (χ0n) is 9.60. The summed E-state index contributed by atoms with van der Waals surface area (Å²) in [5.74, 6) is -0.638. The van der Waals surface area contributed by atoms with Gasteiger partial charge in [0.1, 0.15) is 5.60 Å². The molecule has 0 saturated carbocycles. The van der Waals surface area contributed by atoms with Crippen molar-refractivity contribution in [1.29, 1.82) is 0 Å². The fraction of sp³-hybridized carbons (Fsp3) is 0.333. The molecule has 4 nitrogen and oxygen atoms in total. The number of hydrogen-bond donors (Lipinski definition) is 0. The lowest BCUT2D eigenvalue weighted by Crippen LogP contribution is -2.29. The monoisotopic (exact) mass is 218 g/mol. The van der Waals surface area contributed by atoms with Gasteiger partial charge in [-0.3, -0.25) is 0 Å². The van der Waals surface area contributed by atoms with E-state index in [0.29, 0.717) is 5.56 Å². The van der Waals surface area contributed by atoms with E-state index in [2.05, 4.69) is 4.79 Å². The summed E-state index contributed by atoms with van der Waals surface area (Å²) < 4.78 is 5.12. The van der Waals surface area contributed by atoms with Crippen molar-refractivity contribution in [1.82, 2.24) is 0 Å². The van der Waals surface area contributed by atoms with Crippen LogP contribution in [0.5, 0.6) is 0 Å². The molecule has 0 fully saturated rings. The van der Waals surface area contributed by atoms with Crippen LogP contribution in [0.4, 0.5) is 0 Å². The molecule has 0 unspecified atom stereocenters. The topological polar surface area (TPSA) is 62.7 Å². The molecular formula is C12H14N2O2. The van der Waals surface area contributed by atoms with E-state index in [0.717, 1.165) is 0 Å². The van der Waals surface area contributed by atoms with E-state index < -0.39 is 11.6 Å². The number of rotatable bonds is 2. The third-order valence-corrected chi connectivity index (χ3v) is 1.74. The summed E-state index contributed by atoms with van der Waals surface area (Å²) in [6.07, 6.45) is 0. The Morgan fingerprint density at radius 1 is 1.25 bits per heavy atom. The van der Waals surface area contributed by atoms with Crippen LogP contribution in [0.3, 0.4) is 0 Å². The number of nitrogens with zero attached hydrogens (tertiary/aromatic N) is 2. The summed E-state index contributed by atoms with van der Waals surface area (Å²) in [7, 11) is 0. The molecule has 16 heavy (non-hydrogen) atoms. The van der Waals surface area contributed by atoms with Gasteiger partial charge in [-0.2, -0.15) is 4.79 Å². The highest BCUT2D eigenvalue weighted by Crippen LogP contribution is 2.09. The van der Waals surface area contributed by atoms with Crippen LogP contribution in [-0.2, 0) is 9.53 Å². The van der Waals surface area contributed by atoms with Gasteiger partial charge in [-0.25, -0.2) is 4.79 Å². The summed E-state index contributed by atoms with van der Waals surface area (Å²) in [6, 6.07) is 8.68. The Kier molecular flexibility index (Phi) is 3.59. The maximum Gasteiger partial charge on any atom is 0.422 e. The first-order chi connectivity index (χ1) is 7.44. The molecule has 84 valence electrons. The van der Waals surface area contributed by atoms with Gasteiger partial charge in [0.25, 0.3) is 0 Å². The number of carbonyl (C=O) groups excluding carboxylic acids is 1. The van der Waals surface area contributed by atoms with E-state index in [1.165, 1.54) is 0 Å². The third kappa shape index (κ3) is 3.33. The average molecular weight is 218 g/mol. The molecule has 0 aliphatic heterocycles. The van der Waals surface area contributed by atoms with Crippen LogP contribution in [0.1, 0.15) is 26.3 Å². The second-order valence-electron chi connectivity index (χ2n) is 4.32. The minimum atomic E-state index is -0.638. The van der Waals surface area contributed by atoms with Crippen LogP contribution in [0.2, 0.25) is 0 Å². The van der Waals surface area contributed by atoms with Crippen molar-refractivity contribution in [2.45, 2.75) is 26.4 Å². The van der Waals surface area contributed by atoms with Gasteiger partial charge in [-0.1, -0.05) is 18.2 Å². The maximum atomic E-state index is 11.7. The van der Waals surface area contributed by atoms with E-state index >= 15 is 0 Å². The summed E-state index contributed by atoms with van der Waals surface area (Å²) >= 11 is 0. The smallest absolute Gasteiger partial charge is 0.422 e. The van der Waals surface area contributed by atoms with Crippen LogP contribution in [0, 0.1) is 0 Å². The minimum absolute atomic E-state index is 0.0875. The Morgan fingerprint density at radius 3 is 2.25 bits per heavy atom. The molecule has 0 heterocycles. The average Bonchev–Trinajstić information content (AvgIpc) is 2.17. The Hall–Kier alpha value is -1.93. The van der Waals surface area contributed by atoms with E-state index in [9.17, 15) is 4.79 Å². The van der Waals surface area contributed by atoms with Crippen LogP contribution in [0.25, 0.3) is 5.53 Å². The Bertz CT molecular complexity index is 426. The molecule has 0 N–H and O–H groups in total. The molecule has 0 amide bonds. The van der Waals surface area contributed by atoms with E-state index in [1.807, 2.05) is 6.07 Å². The molecule has 1 aromatic carbocycles. The first-order valence-electron chi connectivity index (χ1n) is 4.95. The van der Waals surface area contributed by atoms with Gasteiger partial charge in [-0.05, 0) is 32.9 Å². The summed E-state index contributed by atoms with van der Waals surface area (Å²) in [5.41, 5.74) is 8.66. The molecule has 0 radical (unpaired) electrons. The summed E-state index contributed by atoms with van der Waals surface area (Å²) in [4.78, 5) is 14.7. The normalized spacial score (nSPS) is 10.4. The van der Waals surface area contributed by atoms with Gasteiger partial charge in [0, 0.05) is 0 Å². The SMILES string of the molecule is CC(C)(C)OC(=O)C(=[N+]=[N-])c1ccccc1. The van der Waals surface area contributed by atoms with Crippen LogP contribution >= 0.6 is 0 Å². The van der Waals surface area contributed by atoms with Crippen molar-refractivity contribution < 1.29 is 14.3 Å². The Balaban J connectivity index is 2.94. The molecule has 1 rings (SSSR count). The van der Waals surface area contributed by atoms with Crippen molar-refractivity contribution in [3.63, 3.8) is 0 Å². The van der Waals surface area contributed by atoms with Gasteiger partial charge in [0.05, 0.1) is 5.56 Å². The lowest BCUT2D eigenvalue weighted by molar-refractivity contribution is -0.150. The number of hydrogen-bond acceptors (Lipinski definition) is 2. The first kappa shape index (κ1) is 12.1. The van der Waals surface area contributed by atoms with Gasteiger partial charge >= 0.3 is 11.7 Å². The van der Waals surface area contributed by atoms with Crippen LogP contribution < -0.4 is 0 Å². The molecule has 0 saturated heterocycles. The number of esters is 1. The number of ether oxygens (including phenoxy) is 1. The van der Waals surface area contributed by atoms with Gasteiger partial charge in [0.15, 0.2) is 0 Å². The lowest BCUT2D eigenvalue weighted by Gasteiger charge is -2.17. The summed E-state index contributed by atoms with van der Waals surface area (Å²) in [5, 5.41) is 0. The van der Waals surface area contributed by atoms with Gasteiger partial charge < -0.3 is 10.3 Å². The number of carbonyl (C=O) groups is 1. The second-order valence-corrected chi connectivity index (χ2v) is 4.32. The quantitative estimate of drug-likeness (QED) is 0.330. The molecule has 0 spiro atoms. The molecular weight excluding hydrogens is 204 g/mol. The predicted octanol–water partition coefficient (Wildman–Crippen LogP) is 2.05. The zero-order chi connectivity index (χ0) is 12.2. The highest BCUT2D eigenvalue weighted by Gasteiger charge is 2.28. The first-order valence-corrected chi connectivity index (χ1v) is 4.95. The van der Waals surface area contributed by atoms with Crippen LogP contribution in [0.15, 0.2) is 30.3 Å². The zero-order valence-corrected chi connectivity index (χ0v) is 9.60. The van der Waals surface area contributed by atoms with Crippen LogP contribution in [-0.4, -0.2) is 22.1 Å². The Labute approximate surface area is 94.5 Å². The van der Waals surface area contributed by atoms with Gasteiger partial charge in [-0.15, -0.1) is 0 Å². The molecule has 0 aromatic heterocycles. The molecule has 0 atom stereocenters. The number of benzene rings is 1. The van der Waals surface area contributed by atoms with Crippen molar-refractivity contribution in [2.75, 3.05) is 0 Å². The summed E-state index contributed by atoms with van der Waals surface area (Å²) in [6.45, 7) is 5.26. The van der Waals surface area contributed by atoms with E-state index in [-0.39, 0.29) is 5.71 Å². The maximum absolute atomic E-state index is 11.7. The third-order valence-electron chi connectivity index (χ3n) is 1.74. The molecule has 0 aliphatic rings. The fourth-order valence-corrected chi connectivity index (χ4v) is 1.14. The Morgan fingerprint density at radius 2 is 1.81 bits per heavy atom. The lowest BCUT2D eigenvalue weighted by atomic mass is 10.1. The second kappa shape index (κ2) is 4.73. The van der Waals surface area contributed by atoms with E-state index in [1.54, 1.807) is 45.0 Å². The molecule has 0 aliphatic carbocycles. The van der Waals surface area contributed by atoms with Crippen molar-refractivity contribution in [3.8, 4) is 0 Å².